The van der Waals surface area contributed by atoms with E-state index in [4.69, 9.17) is 4.74 Å². The second-order valence-corrected chi connectivity index (χ2v) is 7.24. The summed E-state index contributed by atoms with van der Waals surface area (Å²) in [6, 6.07) is 3.93. The summed E-state index contributed by atoms with van der Waals surface area (Å²) < 4.78 is 5.48. The van der Waals surface area contributed by atoms with Crippen molar-refractivity contribution in [1.82, 2.24) is 20.1 Å². The molecule has 0 atom stereocenters. The molecule has 27 heavy (non-hydrogen) atoms. The van der Waals surface area contributed by atoms with Crippen molar-refractivity contribution in [2.45, 2.75) is 51.1 Å². The van der Waals surface area contributed by atoms with E-state index in [2.05, 4.69) is 17.2 Å². The quantitative estimate of drug-likeness (QED) is 0.858. The summed E-state index contributed by atoms with van der Waals surface area (Å²) in [5.41, 5.74) is 0.672. The molecular formula is C20H30N4O3. The topological polar surface area (TPSA) is 74.8 Å². The molecule has 0 spiro atoms. The Kier molecular flexibility index (Phi) is 7.04. The molecule has 0 saturated carbocycles. The Bertz CT molecular complexity index is 611. The first kappa shape index (κ1) is 19.6. The number of pyridine rings is 1. The molecule has 0 bridgehead atoms. The van der Waals surface area contributed by atoms with Crippen LogP contribution in [-0.2, 0) is 4.74 Å². The van der Waals surface area contributed by atoms with E-state index in [-0.39, 0.29) is 24.0 Å². The van der Waals surface area contributed by atoms with Crippen molar-refractivity contribution in [2.75, 3.05) is 32.8 Å². The summed E-state index contributed by atoms with van der Waals surface area (Å²) in [4.78, 5) is 33.4. The summed E-state index contributed by atoms with van der Waals surface area (Å²) in [5, 5.41) is 3.05. The smallest absolute Gasteiger partial charge is 0.317 e. The summed E-state index contributed by atoms with van der Waals surface area (Å²) in [6.07, 6.45) is 7.61. The van der Waals surface area contributed by atoms with E-state index >= 15 is 0 Å². The molecule has 3 amide bonds. The number of rotatable bonds is 5. The second kappa shape index (κ2) is 9.69. The van der Waals surface area contributed by atoms with Crippen LogP contribution in [0.25, 0.3) is 0 Å². The maximum absolute atomic E-state index is 12.8. The van der Waals surface area contributed by atoms with Crippen LogP contribution in [0.4, 0.5) is 4.79 Å². The van der Waals surface area contributed by atoms with Crippen LogP contribution in [0, 0.1) is 0 Å². The van der Waals surface area contributed by atoms with Gasteiger partial charge < -0.3 is 19.9 Å². The Labute approximate surface area is 161 Å². The van der Waals surface area contributed by atoms with Crippen molar-refractivity contribution < 1.29 is 14.3 Å². The standard InChI is InChI=1S/C20H30N4O3/c1-2-9-22-20(26)24(18-7-14-27-15-8-18)17-5-12-23(13-6-17)19(25)16-3-10-21-11-4-16/h3-4,10-11,17-18H,2,5-9,12-15H2,1H3,(H,22,26). The normalized spacial score (nSPS) is 18.9. The SMILES string of the molecule is CCCNC(=O)N(C1CCOCC1)C1CCN(C(=O)c2ccncc2)CC1. The van der Waals surface area contributed by atoms with E-state index in [9.17, 15) is 9.59 Å². The molecule has 0 radical (unpaired) electrons. The molecule has 148 valence electrons. The lowest BCUT2D eigenvalue weighted by molar-refractivity contribution is 0.0209. The van der Waals surface area contributed by atoms with Crippen molar-refractivity contribution >= 4 is 11.9 Å². The van der Waals surface area contributed by atoms with Gasteiger partial charge in [-0.3, -0.25) is 9.78 Å². The largest absolute Gasteiger partial charge is 0.381 e. The molecule has 2 fully saturated rings. The molecule has 1 N–H and O–H groups in total. The molecule has 2 aliphatic rings. The molecule has 7 nitrogen and oxygen atoms in total. The Morgan fingerprint density at radius 3 is 2.41 bits per heavy atom. The van der Waals surface area contributed by atoms with Gasteiger partial charge in [0.25, 0.3) is 5.91 Å². The van der Waals surface area contributed by atoms with Gasteiger partial charge in [-0.2, -0.15) is 0 Å². The molecule has 7 heteroatoms. The number of carbonyl (C=O) groups is 2. The van der Waals surface area contributed by atoms with Gasteiger partial charge in [0.2, 0.25) is 0 Å². The number of piperidine rings is 1. The number of ether oxygens (including phenoxy) is 1. The number of nitrogens with zero attached hydrogens (tertiary/aromatic N) is 3. The zero-order valence-electron chi connectivity index (χ0n) is 16.1. The number of urea groups is 1. The summed E-state index contributed by atoms with van der Waals surface area (Å²) in [7, 11) is 0. The van der Waals surface area contributed by atoms with Crippen LogP contribution >= 0.6 is 0 Å². The van der Waals surface area contributed by atoms with Crippen molar-refractivity contribution in [3.05, 3.63) is 30.1 Å². The number of hydrogen-bond donors (Lipinski definition) is 1. The molecule has 2 saturated heterocycles. The molecule has 3 rings (SSSR count). The van der Waals surface area contributed by atoms with Gasteiger partial charge in [-0.05, 0) is 44.2 Å². The van der Waals surface area contributed by atoms with Crippen LogP contribution < -0.4 is 5.32 Å². The number of carbonyl (C=O) groups excluding carboxylic acids is 2. The highest BCUT2D eigenvalue weighted by atomic mass is 16.5. The lowest BCUT2D eigenvalue weighted by Gasteiger charge is -2.43. The number of aromatic nitrogens is 1. The van der Waals surface area contributed by atoms with E-state index < -0.39 is 0 Å². The van der Waals surface area contributed by atoms with Crippen LogP contribution in [-0.4, -0.2) is 71.7 Å². The van der Waals surface area contributed by atoms with Gasteiger partial charge in [-0.1, -0.05) is 6.92 Å². The van der Waals surface area contributed by atoms with Crippen molar-refractivity contribution in [1.29, 1.82) is 0 Å². The lowest BCUT2D eigenvalue weighted by atomic mass is 9.98. The van der Waals surface area contributed by atoms with Crippen LogP contribution in [0.5, 0.6) is 0 Å². The van der Waals surface area contributed by atoms with Crippen molar-refractivity contribution in [3.8, 4) is 0 Å². The van der Waals surface area contributed by atoms with Gasteiger partial charge in [-0.25, -0.2) is 4.79 Å². The Hall–Kier alpha value is -2.15. The van der Waals surface area contributed by atoms with Crippen molar-refractivity contribution in [3.63, 3.8) is 0 Å². The van der Waals surface area contributed by atoms with Crippen molar-refractivity contribution in [2.24, 2.45) is 0 Å². The summed E-state index contributed by atoms with van der Waals surface area (Å²) in [5.74, 6) is 0.0453. The Balaban J connectivity index is 1.63. The third-order valence-electron chi connectivity index (χ3n) is 5.42. The Morgan fingerprint density at radius 2 is 1.78 bits per heavy atom. The second-order valence-electron chi connectivity index (χ2n) is 7.24. The van der Waals surface area contributed by atoms with E-state index in [1.807, 2.05) is 9.80 Å². The van der Waals surface area contributed by atoms with Crippen LogP contribution in [0.15, 0.2) is 24.5 Å². The zero-order valence-corrected chi connectivity index (χ0v) is 16.1. The first-order chi connectivity index (χ1) is 13.2. The van der Waals surface area contributed by atoms with Gasteiger partial charge in [0, 0.05) is 62.9 Å². The van der Waals surface area contributed by atoms with E-state index in [0.29, 0.717) is 38.4 Å². The molecule has 1 aromatic heterocycles. The molecule has 3 heterocycles. The predicted octanol–water partition coefficient (Wildman–Crippen LogP) is 2.29. The van der Waals surface area contributed by atoms with E-state index in [0.717, 1.165) is 32.1 Å². The fourth-order valence-electron chi connectivity index (χ4n) is 3.94. The maximum atomic E-state index is 12.8. The minimum atomic E-state index is 0.0302. The van der Waals surface area contributed by atoms with Crippen LogP contribution in [0.1, 0.15) is 49.4 Å². The molecule has 0 aliphatic carbocycles. The number of nitrogens with one attached hydrogen (secondary N) is 1. The average molecular weight is 374 g/mol. The number of hydrogen-bond acceptors (Lipinski definition) is 4. The minimum Gasteiger partial charge on any atom is -0.381 e. The van der Waals surface area contributed by atoms with Crippen LogP contribution in [0.3, 0.4) is 0 Å². The minimum absolute atomic E-state index is 0.0302. The maximum Gasteiger partial charge on any atom is 0.317 e. The predicted molar refractivity (Wildman–Crippen MR) is 103 cm³/mol. The third-order valence-corrected chi connectivity index (χ3v) is 5.42. The highest BCUT2D eigenvalue weighted by Crippen LogP contribution is 2.24. The fourth-order valence-corrected chi connectivity index (χ4v) is 3.94. The highest BCUT2D eigenvalue weighted by Gasteiger charge is 2.34. The van der Waals surface area contributed by atoms with Gasteiger partial charge in [-0.15, -0.1) is 0 Å². The van der Waals surface area contributed by atoms with Crippen LogP contribution in [0.2, 0.25) is 0 Å². The molecular weight excluding hydrogens is 344 g/mol. The molecule has 0 aromatic carbocycles. The van der Waals surface area contributed by atoms with E-state index in [1.165, 1.54) is 0 Å². The zero-order chi connectivity index (χ0) is 19.1. The number of likely N-dealkylation sites (tertiary alicyclic amines) is 1. The fraction of sp³-hybridized carbons (Fsp3) is 0.650. The summed E-state index contributed by atoms with van der Waals surface area (Å²) in [6.45, 7) is 5.52. The van der Waals surface area contributed by atoms with Gasteiger partial charge in [0.1, 0.15) is 0 Å². The van der Waals surface area contributed by atoms with Gasteiger partial charge in [0.15, 0.2) is 0 Å². The molecule has 0 unspecified atom stereocenters. The highest BCUT2D eigenvalue weighted by molar-refractivity contribution is 5.94. The molecule has 1 aromatic rings. The van der Waals surface area contributed by atoms with E-state index in [1.54, 1.807) is 24.5 Å². The first-order valence-corrected chi connectivity index (χ1v) is 10.0. The average Bonchev–Trinajstić information content (AvgIpc) is 2.74. The summed E-state index contributed by atoms with van der Waals surface area (Å²) >= 11 is 0. The number of amides is 3. The lowest BCUT2D eigenvalue weighted by Crippen LogP contribution is -2.56. The monoisotopic (exact) mass is 374 g/mol. The first-order valence-electron chi connectivity index (χ1n) is 10.0. The van der Waals surface area contributed by atoms with Gasteiger partial charge >= 0.3 is 6.03 Å². The van der Waals surface area contributed by atoms with Gasteiger partial charge in [0.05, 0.1) is 0 Å². The third kappa shape index (κ3) is 4.97. The molecule has 2 aliphatic heterocycles. The Morgan fingerprint density at radius 1 is 1.15 bits per heavy atom.